The van der Waals surface area contributed by atoms with Gasteiger partial charge in [-0.05, 0) is 61.9 Å². The van der Waals surface area contributed by atoms with Crippen LogP contribution in [0.25, 0.3) is 17.1 Å². The zero-order chi connectivity index (χ0) is 27.6. The Bertz CT molecular complexity index is 1400. The Morgan fingerprint density at radius 3 is 2.36 bits per heavy atom. The average Bonchev–Trinajstić information content (AvgIpc) is 3.41. The highest BCUT2D eigenvalue weighted by molar-refractivity contribution is 7.99. The van der Waals surface area contributed by atoms with E-state index >= 15 is 0 Å². The van der Waals surface area contributed by atoms with E-state index in [-0.39, 0.29) is 11.7 Å². The van der Waals surface area contributed by atoms with Crippen LogP contribution in [0.4, 0.5) is 5.69 Å². The number of nitrogens with zero attached hydrogens (tertiary/aromatic N) is 5. The van der Waals surface area contributed by atoms with Gasteiger partial charge in [-0.2, -0.15) is 5.10 Å². The van der Waals surface area contributed by atoms with Gasteiger partial charge in [0.2, 0.25) is 0 Å². The summed E-state index contributed by atoms with van der Waals surface area (Å²) < 4.78 is 12.8. The van der Waals surface area contributed by atoms with E-state index < -0.39 is 0 Å². The monoisotopic (exact) mass is 544 g/mol. The first-order valence-corrected chi connectivity index (χ1v) is 13.6. The van der Waals surface area contributed by atoms with Gasteiger partial charge in [-0.3, -0.25) is 9.36 Å². The third-order valence-electron chi connectivity index (χ3n) is 6.05. The molecule has 1 aromatic heterocycles. The minimum absolute atomic E-state index is 0.120. The molecule has 3 aromatic carbocycles. The molecule has 0 aliphatic heterocycles. The van der Waals surface area contributed by atoms with Crippen molar-refractivity contribution < 1.29 is 14.3 Å². The smallest absolute Gasteiger partial charge is 0.250 e. The van der Waals surface area contributed by atoms with E-state index in [1.54, 1.807) is 20.4 Å². The average molecular weight is 545 g/mol. The number of amides is 1. The summed E-state index contributed by atoms with van der Waals surface area (Å²) in [5.41, 5.74) is 6.34. The van der Waals surface area contributed by atoms with Gasteiger partial charge in [0.25, 0.3) is 5.91 Å². The molecular formula is C29H32N6O3S. The fraction of sp³-hybridized carbons (Fsp3) is 0.241. The number of hydrogen-bond donors (Lipinski definition) is 1. The van der Waals surface area contributed by atoms with Gasteiger partial charge >= 0.3 is 0 Å². The van der Waals surface area contributed by atoms with E-state index in [2.05, 4.69) is 51.6 Å². The predicted octanol–water partition coefficient (Wildman–Crippen LogP) is 5.04. The summed E-state index contributed by atoms with van der Waals surface area (Å²) in [5, 5.41) is 13.5. The molecule has 1 amide bonds. The van der Waals surface area contributed by atoms with E-state index in [0.717, 1.165) is 35.6 Å². The van der Waals surface area contributed by atoms with Gasteiger partial charge in [-0.15, -0.1) is 10.2 Å². The molecule has 0 saturated heterocycles. The number of ether oxygens (including phenoxy) is 2. The summed E-state index contributed by atoms with van der Waals surface area (Å²) in [7, 11) is 3.18. The maximum absolute atomic E-state index is 12.6. The molecule has 0 unspecified atom stereocenters. The number of para-hydroxylation sites is 1. The van der Waals surface area contributed by atoms with Crippen molar-refractivity contribution in [1.82, 2.24) is 20.2 Å². The summed E-state index contributed by atoms with van der Waals surface area (Å²) in [6.45, 7) is 6.16. The third-order valence-corrected chi connectivity index (χ3v) is 6.98. The van der Waals surface area contributed by atoms with E-state index in [1.165, 1.54) is 11.8 Å². The molecule has 0 saturated carbocycles. The molecule has 0 aliphatic rings. The number of hydrazone groups is 1. The number of aromatic nitrogens is 3. The third kappa shape index (κ3) is 6.77. The highest BCUT2D eigenvalue weighted by atomic mass is 32.2. The number of hydrogen-bond acceptors (Lipinski definition) is 8. The summed E-state index contributed by atoms with van der Waals surface area (Å²) in [5.74, 6) is 1.71. The number of benzene rings is 3. The maximum atomic E-state index is 12.6. The Kier molecular flexibility index (Phi) is 9.58. The van der Waals surface area contributed by atoms with E-state index in [4.69, 9.17) is 9.47 Å². The van der Waals surface area contributed by atoms with Crippen LogP contribution < -0.4 is 19.8 Å². The highest BCUT2D eigenvalue weighted by Gasteiger charge is 2.18. The Balaban J connectivity index is 1.46. The van der Waals surface area contributed by atoms with E-state index in [0.29, 0.717) is 22.5 Å². The van der Waals surface area contributed by atoms with Crippen LogP contribution in [0, 0.1) is 0 Å². The minimum atomic E-state index is -0.244. The molecule has 202 valence electrons. The molecule has 0 aliphatic carbocycles. The zero-order valence-electron chi connectivity index (χ0n) is 22.5. The Hall–Kier alpha value is -4.31. The maximum Gasteiger partial charge on any atom is 0.250 e. The minimum Gasteiger partial charge on any atom is -0.493 e. The van der Waals surface area contributed by atoms with Crippen LogP contribution >= 0.6 is 11.8 Å². The Morgan fingerprint density at radius 2 is 1.69 bits per heavy atom. The van der Waals surface area contributed by atoms with Crippen LogP contribution in [-0.4, -0.2) is 59.9 Å². The van der Waals surface area contributed by atoms with Gasteiger partial charge in [0.1, 0.15) is 0 Å². The number of methoxy groups -OCH3 is 2. The standard InChI is InChI=1S/C29H32N6O3S/c1-5-34(6-2)23-15-12-21(13-16-23)19-30-31-27(36)20-39-29-33-32-28(35(29)24-10-8-7-9-11-24)22-14-17-25(37-3)26(18-22)38-4/h7-19H,5-6,20H2,1-4H3,(H,31,36)/b30-19+. The molecule has 0 atom stereocenters. The second-order valence-electron chi connectivity index (χ2n) is 8.39. The molecule has 10 heteroatoms. The molecule has 0 radical (unpaired) electrons. The van der Waals surface area contributed by atoms with Gasteiger partial charge in [-0.25, -0.2) is 5.43 Å². The van der Waals surface area contributed by atoms with Crippen molar-refractivity contribution >= 4 is 29.6 Å². The van der Waals surface area contributed by atoms with Crippen molar-refractivity contribution in [2.75, 3.05) is 38.0 Å². The van der Waals surface area contributed by atoms with Crippen LogP contribution in [0.15, 0.2) is 83.1 Å². The molecule has 0 spiro atoms. The first-order valence-electron chi connectivity index (χ1n) is 12.6. The van der Waals surface area contributed by atoms with Crippen LogP contribution in [0.5, 0.6) is 11.5 Å². The van der Waals surface area contributed by atoms with Gasteiger partial charge in [0.15, 0.2) is 22.5 Å². The van der Waals surface area contributed by atoms with Gasteiger partial charge in [0.05, 0.1) is 26.2 Å². The molecule has 39 heavy (non-hydrogen) atoms. The fourth-order valence-electron chi connectivity index (χ4n) is 4.04. The van der Waals surface area contributed by atoms with E-state index in [1.807, 2.05) is 65.2 Å². The van der Waals surface area contributed by atoms with Crippen molar-refractivity contribution in [3.63, 3.8) is 0 Å². The lowest BCUT2D eigenvalue weighted by molar-refractivity contribution is -0.118. The summed E-state index contributed by atoms with van der Waals surface area (Å²) in [4.78, 5) is 14.8. The van der Waals surface area contributed by atoms with Gasteiger partial charge in [-0.1, -0.05) is 42.1 Å². The van der Waals surface area contributed by atoms with Crippen LogP contribution in [0.2, 0.25) is 0 Å². The predicted molar refractivity (Wildman–Crippen MR) is 156 cm³/mol. The van der Waals surface area contributed by atoms with Crippen molar-refractivity contribution in [1.29, 1.82) is 0 Å². The Labute approximate surface area is 232 Å². The molecule has 1 heterocycles. The lowest BCUT2D eigenvalue weighted by Gasteiger charge is -2.20. The lowest BCUT2D eigenvalue weighted by atomic mass is 10.2. The molecule has 9 nitrogen and oxygen atoms in total. The van der Waals surface area contributed by atoms with Crippen LogP contribution in [0.3, 0.4) is 0 Å². The number of rotatable bonds is 12. The van der Waals surface area contributed by atoms with E-state index in [9.17, 15) is 4.79 Å². The molecule has 1 N–H and O–H groups in total. The van der Waals surface area contributed by atoms with Gasteiger partial charge in [0, 0.05) is 30.0 Å². The number of anilines is 1. The zero-order valence-corrected chi connectivity index (χ0v) is 23.3. The molecular weight excluding hydrogens is 512 g/mol. The second-order valence-corrected chi connectivity index (χ2v) is 9.34. The van der Waals surface area contributed by atoms with Gasteiger partial charge < -0.3 is 14.4 Å². The summed E-state index contributed by atoms with van der Waals surface area (Å²) in [6.07, 6.45) is 1.64. The van der Waals surface area contributed by atoms with Crippen molar-refractivity contribution in [3.05, 3.63) is 78.4 Å². The molecule has 0 bridgehead atoms. The van der Waals surface area contributed by atoms with Crippen molar-refractivity contribution in [3.8, 4) is 28.6 Å². The highest BCUT2D eigenvalue weighted by Crippen LogP contribution is 2.34. The number of carbonyl (C=O) groups is 1. The first kappa shape index (κ1) is 27.7. The summed E-state index contributed by atoms with van der Waals surface area (Å²) in [6, 6.07) is 23.4. The lowest BCUT2D eigenvalue weighted by Crippen LogP contribution is -2.21. The summed E-state index contributed by atoms with van der Waals surface area (Å²) >= 11 is 1.28. The number of thioether (sulfide) groups is 1. The van der Waals surface area contributed by atoms with Crippen LogP contribution in [-0.2, 0) is 4.79 Å². The van der Waals surface area contributed by atoms with Crippen molar-refractivity contribution in [2.45, 2.75) is 19.0 Å². The fourth-order valence-corrected chi connectivity index (χ4v) is 4.78. The molecule has 4 aromatic rings. The Morgan fingerprint density at radius 1 is 0.974 bits per heavy atom. The topological polar surface area (TPSA) is 93.9 Å². The van der Waals surface area contributed by atoms with Crippen molar-refractivity contribution in [2.24, 2.45) is 5.10 Å². The number of carbonyl (C=O) groups excluding carboxylic acids is 1. The normalized spacial score (nSPS) is 11.0. The SMILES string of the molecule is CCN(CC)c1ccc(/C=N/NC(=O)CSc2nnc(-c3ccc(OC)c(OC)c3)n2-c2ccccc2)cc1. The second kappa shape index (κ2) is 13.5. The number of nitrogens with one attached hydrogen (secondary N) is 1. The first-order chi connectivity index (χ1) is 19.1. The largest absolute Gasteiger partial charge is 0.493 e. The quantitative estimate of drug-likeness (QED) is 0.152. The molecule has 0 fully saturated rings. The van der Waals surface area contributed by atoms with Crippen LogP contribution in [0.1, 0.15) is 19.4 Å². The molecule has 4 rings (SSSR count).